The summed E-state index contributed by atoms with van der Waals surface area (Å²) >= 11 is 8.14. The van der Waals surface area contributed by atoms with Crippen molar-refractivity contribution in [2.45, 2.75) is 39.0 Å². The predicted molar refractivity (Wildman–Crippen MR) is 125 cm³/mol. The highest BCUT2D eigenvalue weighted by atomic mass is 35.5. The van der Waals surface area contributed by atoms with Crippen LogP contribution >= 0.6 is 22.9 Å². The minimum atomic E-state index is 0.511. The van der Waals surface area contributed by atoms with E-state index in [2.05, 4.69) is 59.5 Å². The average molecular weight is 429 g/mol. The first-order valence-electron chi connectivity index (χ1n) is 10.5. The summed E-state index contributed by atoms with van der Waals surface area (Å²) in [6.07, 6.45) is 8.01. The first kappa shape index (κ1) is 20.6. The highest BCUT2D eigenvalue weighted by Crippen LogP contribution is 2.39. The highest BCUT2D eigenvalue weighted by Gasteiger charge is 2.31. The Morgan fingerprint density at radius 1 is 1.24 bits per heavy atom. The van der Waals surface area contributed by atoms with Crippen LogP contribution in [0, 0.1) is 5.41 Å². The van der Waals surface area contributed by atoms with Gasteiger partial charge < -0.3 is 10.2 Å². The lowest BCUT2D eigenvalue weighted by Gasteiger charge is -2.40. The Labute approximate surface area is 182 Å². The fraction of sp³-hybridized carbons (Fsp3) is 0.478. The van der Waals surface area contributed by atoms with E-state index in [0.717, 1.165) is 23.5 Å². The van der Waals surface area contributed by atoms with Gasteiger partial charge in [0.15, 0.2) is 0 Å². The van der Waals surface area contributed by atoms with Gasteiger partial charge in [-0.3, -0.25) is 0 Å². The van der Waals surface area contributed by atoms with Crippen molar-refractivity contribution in [1.29, 1.82) is 0 Å². The first-order valence-corrected chi connectivity index (χ1v) is 11.7. The molecule has 1 fully saturated rings. The number of thiophene rings is 1. The second kappa shape index (κ2) is 8.99. The quantitative estimate of drug-likeness (QED) is 0.446. The molecule has 1 aromatic carbocycles. The molecular formula is C23H29ClN4S. The van der Waals surface area contributed by atoms with Gasteiger partial charge in [0, 0.05) is 11.2 Å². The molecule has 0 saturated carbocycles. The van der Waals surface area contributed by atoms with Crippen LogP contribution in [0.25, 0.3) is 20.7 Å². The second-order valence-electron chi connectivity index (χ2n) is 8.23. The van der Waals surface area contributed by atoms with Crippen LogP contribution in [-0.2, 0) is 0 Å². The first-order chi connectivity index (χ1) is 14.1. The number of anilines is 1. The topological polar surface area (TPSA) is 41.1 Å². The molecule has 0 aliphatic carbocycles. The summed E-state index contributed by atoms with van der Waals surface area (Å²) in [7, 11) is 2.23. The molecule has 1 N–H and O–H groups in total. The maximum Gasteiger partial charge on any atom is 0.223 e. The van der Waals surface area contributed by atoms with Crippen LogP contribution in [0.1, 0.15) is 39.0 Å². The predicted octanol–water partition coefficient (Wildman–Crippen LogP) is 6.33. The van der Waals surface area contributed by atoms with Crippen molar-refractivity contribution < 1.29 is 0 Å². The van der Waals surface area contributed by atoms with Crippen molar-refractivity contribution in [2.75, 3.05) is 32.0 Å². The van der Waals surface area contributed by atoms with E-state index in [4.69, 9.17) is 16.6 Å². The van der Waals surface area contributed by atoms with Gasteiger partial charge in [-0.15, -0.1) is 11.3 Å². The normalized spacial score (nSPS) is 16.9. The average Bonchev–Trinajstić information content (AvgIpc) is 3.18. The molecule has 1 saturated heterocycles. The SMILES string of the molecule is CCC1(CCCNc2ncc(Cl)c(-c3cc4ccccc4s3)n2)CCN(C)CC1. The fourth-order valence-corrected chi connectivity index (χ4v) is 5.58. The van der Waals surface area contributed by atoms with E-state index in [0.29, 0.717) is 16.4 Å². The van der Waals surface area contributed by atoms with Crippen LogP contribution in [0.4, 0.5) is 5.95 Å². The van der Waals surface area contributed by atoms with Crippen LogP contribution < -0.4 is 5.32 Å². The summed E-state index contributed by atoms with van der Waals surface area (Å²) in [6.45, 7) is 5.68. The Hall–Kier alpha value is -1.69. The number of hydrogen-bond acceptors (Lipinski definition) is 5. The lowest BCUT2D eigenvalue weighted by atomic mass is 9.73. The molecule has 4 rings (SSSR count). The van der Waals surface area contributed by atoms with Crippen molar-refractivity contribution in [3.63, 3.8) is 0 Å². The molecule has 0 radical (unpaired) electrons. The van der Waals surface area contributed by atoms with E-state index in [-0.39, 0.29) is 0 Å². The molecule has 3 heterocycles. The van der Waals surface area contributed by atoms with Crippen LogP contribution in [0.15, 0.2) is 36.5 Å². The smallest absolute Gasteiger partial charge is 0.223 e. The molecule has 0 amide bonds. The zero-order valence-electron chi connectivity index (χ0n) is 17.2. The van der Waals surface area contributed by atoms with Gasteiger partial charge in [-0.2, -0.15) is 0 Å². The zero-order chi connectivity index (χ0) is 20.3. The summed E-state index contributed by atoms with van der Waals surface area (Å²) in [6, 6.07) is 10.5. The third-order valence-corrected chi connectivity index (χ3v) is 7.77. The summed E-state index contributed by atoms with van der Waals surface area (Å²) in [5.74, 6) is 0.663. The standard InChI is InChI=1S/C23H29ClN4S/c1-3-23(10-13-28(2)14-11-23)9-6-12-25-22-26-16-18(24)21(27-22)20-15-17-7-4-5-8-19(17)29-20/h4-5,7-8,15-16H,3,6,9-14H2,1-2H3,(H,25,26,27). The van der Waals surface area contributed by atoms with E-state index in [1.807, 2.05) is 0 Å². The molecule has 154 valence electrons. The number of nitrogens with zero attached hydrogens (tertiary/aromatic N) is 3. The number of aromatic nitrogens is 2. The van der Waals surface area contributed by atoms with E-state index in [9.17, 15) is 0 Å². The molecule has 2 aromatic heterocycles. The number of nitrogens with one attached hydrogen (secondary N) is 1. The number of benzene rings is 1. The largest absolute Gasteiger partial charge is 0.354 e. The van der Waals surface area contributed by atoms with Gasteiger partial charge >= 0.3 is 0 Å². The molecule has 1 aliphatic heterocycles. The van der Waals surface area contributed by atoms with Gasteiger partial charge in [0.2, 0.25) is 5.95 Å². The van der Waals surface area contributed by atoms with E-state index >= 15 is 0 Å². The fourth-order valence-electron chi connectivity index (χ4n) is 4.26. The van der Waals surface area contributed by atoms with Crippen molar-refractivity contribution in [2.24, 2.45) is 5.41 Å². The minimum absolute atomic E-state index is 0.511. The summed E-state index contributed by atoms with van der Waals surface area (Å²) in [5.41, 5.74) is 1.32. The van der Waals surface area contributed by atoms with E-state index in [1.54, 1.807) is 17.5 Å². The van der Waals surface area contributed by atoms with Crippen LogP contribution in [0.2, 0.25) is 5.02 Å². The number of hydrogen-bond donors (Lipinski definition) is 1. The number of rotatable bonds is 7. The maximum absolute atomic E-state index is 6.42. The van der Waals surface area contributed by atoms with Crippen molar-refractivity contribution >= 4 is 39.0 Å². The van der Waals surface area contributed by atoms with Crippen molar-refractivity contribution in [1.82, 2.24) is 14.9 Å². The summed E-state index contributed by atoms with van der Waals surface area (Å²) in [4.78, 5) is 12.6. The minimum Gasteiger partial charge on any atom is -0.354 e. The molecular weight excluding hydrogens is 400 g/mol. The van der Waals surface area contributed by atoms with Crippen LogP contribution in [0.3, 0.4) is 0 Å². The Bertz CT molecular complexity index is 929. The van der Waals surface area contributed by atoms with E-state index < -0.39 is 0 Å². The Kier molecular flexibility index (Phi) is 6.38. The molecule has 4 nitrogen and oxygen atoms in total. The summed E-state index contributed by atoms with van der Waals surface area (Å²) in [5, 5.41) is 5.24. The molecule has 0 spiro atoms. The second-order valence-corrected chi connectivity index (χ2v) is 9.72. The Balaban J connectivity index is 1.39. The highest BCUT2D eigenvalue weighted by molar-refractivity contribution is 7.22. The number of piperidine rings is 1. The third kappa shape index (κ3) is 4.73. The van der Waals surface area contributed by atoms with Crippen LogP contribution in [-0.4, -0.2) is 41.5 Å². The van der Waals surface area contributed by atoms with Crippen molar-refractivity contribution in [3.8, 4) is 10.6 Å². The van der Waals surface area contributed by atoms with Gasteiger partial charge in [-0.1, -0.05) is 43.1 Å². The van der Waals surface area contributed by atoms with Gasteiger partial charge in [-0.25, -0.2) is 9.97 Å². The zero-order valence-corrected chi connectivity index (χ0v) is 18.8. The van der Waals surface area contributed by atoms with Crippen molar-refractivity contribution in [3.05, 3.63) is 41.6 Å². The third-order valence-electron chi connectivity index (χ3n) is 6.37. The molecule has 1 aliphatic rings. The molecule has 29 heavy (non-hydrogen) atoms. The number of halogens is 1. The van der Waals surface area contributed by atoms with Gasteiger partial charge in [0.05, 0.1) is 16.1 Å². The Morgan fingerprint density at radius 2 is 2.03 bits per heavy atom. The molecule has 0 unspecified atom stereocenters. The molecule has 0 atom stereocenters. The van der Waals surface area contributed by atoms with E-state index in [1.165, 1.54) is 48.9 Å². The lowest BCUT2D eigenvalue weighted by Crippen LogP contribution is -2.37. The Morgan fingerprint density at radius 3 is 2.79 bits per heavy atom. The summed E-state index contributed by atoms with van der Waals surface area (Å²) < 4.78 is 1.25. The lowest BCUT2D eigenvalue weighted by molar-refractivity contribution is 0.106. The molecule has 6 heteroatoms. The number of fused-ring (bicyclic) bond motifs is 1. The maximum atomic E-state index is 6.42. The van der Waals surface area contributed by atoms with Gasteiger partial charge in [0.25, 0.3) is 0 Å². The molecule has 0 bridgehead atoms. The van der Waals surface area contributed by atoms with Gasteiger partial charge in [0.1, 0.15) is 5.69 Å². The monoisotopic (exact) mass is 428 g/mol. The number of likely N-dealkylation sites (tertiary alicyclic amines) is 1. The van der Waals surface area contributed by atoms with Crippen LogP contribution in [0.5, 0.6) is 0 Å². The van der Waals surface area contributed by atoms with Gasteiger partial charge in [-0.05, 0) is 68.8 Å². The molecule has 3 aromatic rings.